The Morgan fingerprint density at radius 3 is 2.36 bits per heavy atom. The first kappa shape index (κ1) is 19.6. The molecular formula is C23H20ClNO3. The van der Waals surface area contributed by atoms with Crippen LogP contribution >= 0.6 is 11.6 Å². The van der Waals surface area contributed by atoms with Crippen LogP contribution in [0.4, 0.5) is 5.69 Å². The number of halogens is 1. The largest absolute Gasteiger partial charge is 0.482 e. The van der Waals surface area contributed by atoms with E-state index in [0.717, 1.165) is 5.56 Å². The third kappa shape index (κ3) is 4.99. The lowest BCUT2D eigenvalue weighted by molar-refractivity contribution is 0.0818. The molecule has 0 bridgehead atoms. The van der Waals surface area contributed by atoms with Gasteiger partial charge in [0.2, 0.25) is 5.78 Å². The molecule has 0 aliphatic carbocycles. The third-order valence-corrected chi connectivity index (χ3v) is 4.43. The van der Waals surface area contributed by atoms with Crippen molar-refractivity contribution in [2.45, 2.75) is 20.0 Å². The van der Waals surface area contributed by atoms with Crippen LogP contribution in [-0.2, 0) is 0 Å². The van der Waals surface area contributed by atoms with E-state index in [4.69, 9.17) is 16.3 Å². The Bertz CT molecular complexity index is 999. The summed E-state index contributed by atoms with van der Waals surface area (Å²) in [6.45, 7) is 3.65. The van der Waals surface area contributed by atoms with Crippen molar-refractivity contribution >= 4 is 29.0 Å². The Kier molecular flexibility index (Phi) is 6.12. The Balaban J connectivity index is 1.68. The van der Waals surface area contributed by atoms with Crippen molar-refractivity contribution in [1.82, 2.24) is 0 Å². The standard InChI is InChI=1S/C23H20ClNO3/c1-15-9-11-17(12-10-15)23(27)25-20-7-4-8-21(14-20)28-16(2)22(26)18-5-3-6-19(24)13-18/h3-14,16H,1-2H3,(H,25,27). The van der Waals surface area contributed by atoms with Crippen molar-refractivity contribution < 1.29 is 14.3 Å². The van der Waals surface area contributed by atoms with Crippen molar-refractivity contribution in [1.29, 1.82) is 0 Å². The number of hydrogen-bond acceptors (Lipinski definition) is 3. The summed E-state index contributed by atoms with van der Waals surface area (Å²) in [5.74, 6) is 0.112. The smallest absolute Gasteiger partial charge is 0.255 e. The fourth-order valence-corrected chi connectivity index (χ4v) is 2.88. The molecule has 0 aromatic heterocycles. The van der Waals surface area contributed by atoms with E-state index in [9.17, 15) is 9.59 Å². The monoisotopic (exact) mass is 393 g/mol. The van der Waals surface area contributed by atoms with Crippen LogP contribution in [0.15, 0.2) is 72.8 Å². The molecule has 142 valence electrons. The number of ketones is 1. The molecule has 0 fully saturated rings. The van der Waals surface area contributed by atoms with Crippen LogP contribution in [0.5, 0.6) is 5.75 Å². The first-order valence-electron chi connectivity index (χ1n) is 8.87. The number of aryl methyl sites for hydroxylation is 1. The maximum atomic E-state index is 12.5. The molecule has 0 saturated heterocycles. The highest BCUT2D eigenvalue weighted by Gasteiger charge is 2.17. The van der Waals surface area contributed by atoms with Crippen LogP contribution in [0.2, 0.25) is 5.02 Å². The highest BCUT2D eigenvalue weighted by Crippen LogP contribution is 2.21. The molecule has 0 spiro atoms. The van der Waals surface area contributed by atoms with Crippen LogP contribution in [0.3, 0.4) is 0 Å². The maximum absolute atomic E-state index is 12.5. The van der Waals surface area contributed by atoms with Gasteiger partial charge in [-0.25, -0.2) is 0 Å². The molecule has 1 unspecified atom stereocenters. The molecule has 1 atom stereocenters. The van der Waals surface area contributed by atoms with E-state index in [0.29, 0.717) is 27.6 Å². The number of amides is 1. The zero-order valence-electron chi connectivity index (χ0n) is 15.6. The zero-order chi connectivity index (χ0) is 20.1. The summed E-state index contributed by atoms with van der Waals surface area (Å²) < 4.78 is 5.77. The molecule has 0 aliphatic rings. The minimum atomic E-state index is -0.693. The maximum Gasteiger partial charge on any atom is 0.255 e. The molecule has 0 radical (unpaired) electrons. The summed E-state index contributed by atoms with van der Waals surface area (Å²) >= 11 is 5.95. The van der Waals surface area contributed by atoms with Crippen LogP contribution in [0.25, 0.3) is 0 Å². The van der Waals surface area contributed by atoms with Crippen LogP contribution in [0.1, 0.15) is 33.2 Å². The van der Waals surface area contributed by atoms with Crippen LogP contribution in [-0.4, -0.2) is 17.8 Å². The van der Waals surface area contributed by atoms with Gasteiger partial charge in [-0.3, -0.25) is 9.59 Å². The molecule has 3 rings (SSSR count). The van der Waals surface area contributed by atoms with Crippen molar-refractivity contribution in [2.24, 2.45) is 0 Å². The van der Waals surface area contributed by atoms with Gasteiger partial charge in [0.25, 0.3) is 5.91 Å². The second-order valence-corrected chi connectivity index (χ2v) is 6.92. The van der Waals surface area contributed by atoms with Gasteiger partial charge in [0, 0.05) is 27.9 Å². The Morgan fingerprint density at radius 1 is 0.929 bits per heavy atom. The minimum absolute atomic E-state index is 0.170. The van der Waals surface area contributed by atoms with Gasteiger partial charge in [-0.2, -0.15) is 0 Å². The number of benzene rings is 3. The molecule has 3 aromatic rings. The normalized spacial score (nSPS) is 11.5. The lowest BCUT2D eigenvalue weighted by Crippen LogP contribution is -2.24. The third-order valence-electron chi connectivity index (χ3n) is 4.20. The summed E-state index contributed by atoms with van der Waals surface area (Å²) in [4.78, 5) is 24.9. The summed E-state index contributed by atoms with van der Waals surface area (Å²) in [5, 5.41) is 3.34. The minimum Gasteiger partial charge on any atom is -0.482 e. The predicted octanol–water partition coefficient (Wildman–Crippen LogP) is 5.55. The summed E-state index contributed by atoms with van der Waals surface area (Å²) in [6, 6.07) is 21.0. The van der Waals surface area contributed by atoms with E-state index in [1.807, 2.05) is 19.1 Å². The highest BCUT2D eigenvalue weighted by atomic mass is 35.5. The summed E-state index contributed by atoms with van der Waals surface area (Å²) in [6.07, 6.45) is -0.693. The van der Waals surface area contributed by atoms with Gasteiger partial charge in [-0.1, -0.05) is 47.5 Å². The zero-order valence-corrected chi connectivity index (χ0v) is 16.4. The van der Waals surface area contributed by atoms with Crippen molar-refractivity contribution in [3.05, 3.63) is 94.5 Å². The first-order valence-corrected chi connectivity index (χ1v) is 9.25. The quantitative estimate of drug-likeness (QED) is 0.558. The number of ether oxygens (including phenoxy) is 1. The number of anilines is 1. The number of rotatable bonds is 6. The predicted molar refractivity (Wildman–Crippen MR) is 111 cm³/mol. The molecule has 5 heteroatoms. The van der Waals surface area contributed by atoms with Gasteiger partial charge in [0.05, 0.1) is 0 Å². The molecule has 1 amide bonds. The van der Waals surface area contributed by atoms with Gasteiger partial charge < -0.3 is 10.1 Å². The fourth-order valence-electron chi connectivity index (χ4n) is 2.69. The Hall–Kier alpha value is -3.11. The van der Waals surface area contributed by atoms with Crippen molar-refractivity contribution in [2.75, 3.05) is 5.32 Å². The van der Waals surface area contributed by atoms with E-state index in [-0.39, 0.29) is 11.7 Å². The van der Waals surface area contributed by atoms with E-state index >= 15 is 0 Å². The van der Waals surface area contributed by atoms with E-state index in [1.54, 1.807) is 67.6 Å². The van der Waals surface area contributed by atoms with E-state index in [2.05, 4.69) is 5.32 Å². The first-order chi connectivity index (χ1) is 13.4. The van der Waals surface area contributed by atoms with Crippen molar-refractivity contribution in [3.8, 4) is 5.75 Å². The molecule has 4 nitrogen and oxygen atoms in total. The average Bonchev–Trinajstić information content (AvgIpc) is 2.68. The van der Waals surface area contributed by atoms with Gasteiger partial charge in [0.15, 0.2) is 6.10 Å². The molecule has 3 aromatic carbocycles. The van der Waals surface area contributed by atoms with E-state index in [1.165, 1.54) is 0 Å². The van der Waals surface area contributed by atoms with Crippen LogP contribution in [0, 0.1) is 6.92 Å². The number of Topliss-reactive ketones (excluding diaryl/α,β-unsaturated/α-hetero) is 1. The molecule has 28 heavy (non-hydrogen) atoms. The SMILES string of the molecule is Cc1ccc(C(=O)Nc2cccc(OC(C)C(=O)c3cccc(Cl)c3)c2)cc1. The Morgan fingerprint density at radius 2 is 1.64 bits per heavy atom. The molecule has 0 heterocycles. The highest BCUT2D eigenvalue weighted by molar-refractivity contribution is 6.31. The molecule has 0 saturated carbocycles. The average molecular weight is 394 g/mol. The van der Waals surface area contributed by atoms with Crippen LogP contribution < -0.4 is 10.1 Å². The number of nitrogens with one attached hydrogen (secondary N) is 1. The topological polar surface area (TPSA) is 55.4 Å². The fraction of sp³-hybridized carbons (Fsp3) is 0.130. The lowest BCUT2D eigenvalue weighted by Gasteiger charge is -2.15. The van der Waals surface area contributed by atoms with E-state index < -0.39 is 6.10 Å². The molecule has 1 N–H and O–H groups in total. The molecular weight excluding hydrogens is 374 g/mol. The Labute approximate surface area is 169 Å². The number of carbonyl (C=O) groups is 2. The summed E-state index contributed by atoms with van der Waals surface area (Å²) in [7, 11) is 0. The number of carbonyl (C=O) groups excluding carboxylic acids is 2. The summed E-state index contributed by atoms with van der Waals surface area (Å²) in [5.41, 5.74) is 2.74. The second kappa shape index (κ2) is 8.72. The van der Waals surface area contributed by atoms with Gasteiger partial charge in [-0.15, -0.1) is 0 Å². The second-order valence-electron chi connectivity index (χ2n) is 6.48. The molecule has 0 aliphatic heterocycles. The van der Waals surface area contributed by atoms with Gasteiger partial charge >= 0.3 is 0 Å². The van der Waals surface area contributed by atoms with Gasteiger partial charge in [-0.05, 0) is 50.2 Å². The number of hydrogen-bond donors (Lipinski definition) is 1. The lowest BCUT2D eigenvalue weighted by atomic mass is 10.1. The van der Waals surface area contributed by atoms with Gasteiger partial charge in [0.1, 0.15) is 5.75 Å². The van der Waals surface area contributed by atoms with Crippen molar-refractivity contribution in [3.63, 3.8) is 0 Å².